The number of hydrogen-bond acceptors (Lipinski definition) is 22. The lowest BCUT2D eigenvalue weighted by molar-refractivity contribution is -0.151. The van der Waals surface area contributed by atoms with Crippen molar-refractivity contribution < 1.29 is 98.3 Å². The molecule has 6 unspecified atom stereocenters. The molecule has 0 spiro atoms. The van der Waals surface area contributed by atoms with Crippen LogP contribution in [0.25, 0.3) is 0 Å². The van der Waals surface area contributed by atoms with Crippen LogP contribution in [0.5, 0.6) is 0 Å². The summed E-state index contributed by atoms with van der Waals surface area (Å²) in [6, 6.07) is -11.1. The van der Waals surface area contributed by atoms with Gasteiger partial charge in [-0.25, -0.2) is 14.9 Å². The number of carbonyl (C=O) groups excluding carboxylic acids is 12. The number of nitrogens with one attached hydrogen (secondary N) is 10. The van der Waals surface area contributed by atoms with Gasteiger partial charge in [-0.1, -0.05) is 0 Å². The van der Waals surface area contributed by atoms with Gasteiger partial charge < -0.3 is 79.1 Å². The Morgan fingerprint density at radius 2 is 1.37 bits per heavy atom. The maximum atomic E-state index is 14.3. The molecule has 3 heterocycles. The molecule has 4 rings (SSSR count). The summed E-state index contributed by atoms with van der Waals surface area (Å²) in [4.78, 5) is 169. The maximum Gasteiger partial charge on any atom is 0.372 e. The Bertz CT molecular complexity index is 2310. The summed E-state index contributed by atoms with van der Waals surface area (Å²) in [6.07, 6.45) is -2.93. The van der Waals surface area contributed by atoms with E-state index in [1.807, 2.05) is 0 Å². The average Bonchev–Trinajstić information content (AvgIpc) is 1.54. The van der Waals surface area contributed by atoms with Crippen molar-refractivity contribution in [3.63, 3.8) is 0 Å². The quantitative estimate of drug-likeness (QED) is 0.0101. The lowest BCUT2D eigenvalue weighted by atomic mass is 9.72. The molecule has 0 aromatic heterocycles. The maximum absolute atomic E-state index is 14.3. The fourth-order valence-electron chi connectivity index (χ4n) is 10.6. The number of amides is 11. The van der Waals surface area contributed by atoms with Gasteiger partial charge in [-0.2, -0.15) is 0 Å². The molecule has 4 aliphatic rings. The van der Waals surface area contributed by atoms with E-state index in [1.165, 1.54) is 0 Å². The molecule has 19 N–H and O–H groups in total. The lowest BCUT2D eigenvalue weighted by Gasteiger charge is -2.57. The number of rotatable bonds is 31. The van der Waals surface area contributed by atoms with Crippen LogP contribution in [-0.4, -0.2) is 254 Å². The molecule has 84 heavy (non-hydrogen) atoms. The molecule has 3 saturated heterocycles. The van der Waals surface area contributed by atoms with Crippen molar-refractivity contribution in [2.24, 2.45) is 11.7 Å². The van der Waals surface area contributed by atoms with Crippen molar-refractivity contribution in [3.8, 4) is 0 Å². The zero-order valence-electron chi connectivity index (χ0n) is 46.5. The fraction of sp³-hybridized carbons (Fsp3) is 0.740. The molecular formula is C50H82N14O20. The third kappa shape index (κ3) is 21.5. The van der Waals surface area contributed by atoms with E-state index in [4.69, 9.17) is 10.8 Å². The number of fused-ring (bicyclic) bond motifs is 3. The molecule has 3 aliphatic heterocycles. The van der Waals surface area contributed by atoms with E-state index >= 15 is 0 Å². The predicted molar refractivity (Wildman–Crippen MR) is 285 cm³/mol. The molecule has 4 fully saturated rings. The summed E-state index contributed by atoms with van der Waals surface area (Å²) in [5.74, 6) is -11.0. The number of hydroxylamine groups is 4. The van der Waals surface area contributed by atoms with Crippen LogP contribution in [0.2, 0.25) is 0 Å². The van der Waals surface area contributed by atoms with Crippen molar-refractivity contribution >= 4 is 77.7 Å². The highest BCUT2D eigenvalue weighted by Crippen LogP contribution is 2.40. The van der Waals surface area contributed by atoms with Crippen molar-refractivity contribution in [1.29, 1.82) is 0 Å². The van der Waals surface area contributed by atoms with E-state index in [2.05, 4.69) is 53.2 Å². The van der Waals surface area contributed by atoms with Gasteiger partial charge in [-0.15, -0.1) is 0 Å². The molecule has 11 amide bonds. The first-order chi connectivity index (χ1) is 40.0. The first kappa shape index (κ1) is 69.4. The number of nitrogens with two attached hydrogens (primary N) is 1. The second-order valence-electron chi connectivity index (χ2n) is 21.1. The molecule has 472 valence electrons. The van der Waals surface area contributed by atoms with E-state index in [0.29, 0.717) is 11.5 Å². The number of aliphatic carboxylic acids is 1. The predicted octanol–water partition coefficient (Wildman–Crippen LogP) is -8.51. The van der Waals surface area contributed by atoms with Gasteiger partial charge in [0.05, 0.1) is 50.2 Å². The average molecular weight is 1200 g/mol. The highest BCUT2D eigenvalue weighted by molar-refractivity contribution is 6.32. The Morgan fingerprint density at radius 3 is 2.04 bits per heavy atom. The molecule has 1 saturated carbocycles. The third-order valence-corrected chi connectivity index (χ3v) is 15.0. The Balaban J connectivity index is 1.47. The van der Waals surface area contributed by atoms with Crippen LogP contribution in [0.1, 0.15) is 103 Å². The van der Waals surface area contributed by atoms with E-state index in [1.54, 1.807) is 4.90 Å². The number of piperidine rings is 1. The number of ketones is 1. The minimum atomic E-state index is -1.69. The monoisotopic (exact) mass is 1200 g/mol. The summed E-state index contributed by atoms with van der Waals surface area (Å²) < 4.78 is 0. The highest BCUT2D eigenvalue weighted by atomic mass is 16.5. The fourth-order valence-corrected chi connectivity index (χ4v) is 10.6. The normalized spacial score (nSPS) is 25.8. The van der Waals surface area contributed by atoms with Crippen molar-refractivity contribution in [2.75, 3.05) is 52.5 Å². The van der Waals surface area contributed by atoms with E-state index < -0.39 is 170 Å². The number of Topliss-reactive ketones (excluding diaryl/α,β-unsaturated/α-hetero) is 1. The smallest absolute Gasteiger partial charge is 0.372 e. The first-order valence-corrected chi connectivity index (χ1v) is 28.1. The Kier molecular flexibility index (Phi) is 29.2. The number of carboxylic acids is 1. The van der Waals surface area contributed by atoms with Gasteiger partial charge in [0.25, 0.3) is 0 Å². The number of nitrogens with zero attached hydrogens (tertiary/aromatic N) is 3. The van der Waals surface area contributed by atoms with Gasteiger partial charge in [-0.3, -0.25) is 78.2 Å². The zero-order chi connectivity index (χ0) is 62.0. The summed E-state index contributed by atoms with van der Waals surface area (Å²) in [6.45, 7) is -2.70. The molecular weight excluding hydrogens is 1120 g/mol. The minimum Gasteiger partial charge on any atom is -0.476 e. The number of unbranched alkanes of at least 4 members (excludes halogenated alkanes) is 1. The minimum absolute atomic E-state index is 0.0275. The number of aliphatic hydroxyl groups excluding tert-OH is 4. The molecule has 13 atom stereocenters. The van der Waals surface area contributed by atoms with Gasteiger partial charge in [0.2, 0.25) is 71.8 Å². The van der Waals surface area contributed by atoms with Crippen molar-refractivity contribution in [2.45, 2.75) is 175 Å². The summed E-state index contributed by atoms with van der Waals surface area (Å²) >= 11 is 0. The number of carbonyl (C=O) groups is 13. The summed E-state index contributed by atoms with van der Waals surface area (Å²) in [5, 5.41) is 96.5. The zero-order valence-corrected chi connectivity index (χ0v) is 46.5. The van der Waals surface area contributed by atoms with Crippen LogP contribution in [0, 0.1) is 5.92 Å². The van der Waals surface area contributed by atoms with Gasteiger partial charge in [0.15, 0.2) is 0 Å². The number of hydrogen-bond donors (Lipinski definition) is 18. The molecule has 0 aromatic carbocycles. The molecule has 0 radical (unpaired) electrons. The highest BCUT2D eigenvalue weighted by Gasteiger charge is 2.53. The largest absolute Gasteiger partial charge is 0.476 e. The topological polar surface area (TPSA) is 520 Å². The van der Waals surface area contributed by atoms with Crippen molar-refractivity contribution in [3.05, 3.63) is 0 Å². The van der Waals surface area contributed by atoms with Gasteiger partial charge >= 0.3 is 5.97 Å². The molecule has 34 nitrogen and oxygen atoms in total. The Labute approximate surface area is 482 Å². The molecule has 0 aromatic rings. The molecule has 0 bridgehead atoms. The van der Waals surface area contributed by atoms with Gasteiger partial charge in [0, 0.05) is 38.5 Å². The van der Waals surface area contributed by atoms with Gasteiger partial charge in [-0.05, 0) is 109 Å². The molecule has 34 heteroatoms. The second kappa shape index (κ2) is 35.3. The van der Waals surface area contributed by atoms with E-state index in [0.717, 1.165) is 0 Å². The number of aliphatic hydroxyl groups is 4. The summed E-state index contributed by atoms with van der Waals surface area (Å²) in [7, 11) is 0. The Morgan fingerprint density at radius 1 is 0.702 bits per heavy atom. The standard InChI is InChI=1S/C50H82N14O20/c51-14-3-1-7-28(57-48(79)34(24-66)61-49(80)35-13-16-52-42-32(56-40(72)12-11-37(69)50(81)82)19-27-20-38(70)39(71)21-36(27)64(35)42)43(74)54-22-41(73)55-29(9-5-17-62(83)25-67)45(76)58-30-8-2-4-15-53-44(75)33(23-65)60-47(78)31(59-46(30)77)10-6-18-63(84)26-68/h25-36,38-39,42,52,65-66,70-71,83-84H,1-24,51H2,(H,53,75)(H,54,74)(H,55,73)(H,56,72)(H,57,79)(H,58,76)(H,59,77)(H,60,78)(H,61,80)(H,81,82)/t27?,28-,29-,30-,31-,32?,33-,34+,35+,36?,38?,39?,42?/m0/s1. The second-order valence-corrected chi connectivity index (χ2v) is 21.1. The van der Waals surface area contributed by atoms with Crippen LogP contribution < -0.4 is 58.9 Å². The van der Waals surface area contributed by atoms with E-state index in [9.17, 15) is 93.2 Å². The van der Waals surface area contributed by atoms with Crippen LogP contribution in [-0.2, 0) is 62.3 Å². The van der Waals surface area contributed by atoms with Crippen LogP contribution >= 0.6 is 0 Å². The summed E-state index contributed by atoms with van der Waals surface area (Å²) in [5.41, 5.74) is 5.70. The van der Waals surface area contributed by atoms with Crippen LogP contribution in [0.4, 0.5) is 0 Å². The van der Waals surface area contributed by atoms with Crippen LogP contribution in [0.3, 0.4) is 0 Å². The Hall–Kier alpha value is -7.05. The van der Waals surface area contributed by atoms with Gasteiger partial charge in [0.1, 0.15) is 36.3 Å². The molecule has 1 aliphatic carbocycles. The van der Waals surface area contributed by atoms with Crippen LogP contribution in [0.15, 0.2) is 0 Å². The SMILES string of the molecule is NCCCC[C@H](NC(=O)[C@@H](CO)NC(=O)[C@H]1CCNC2C(NC(=O)CCC(=O)C(=O)O)CC3CC(O)C(O)CC3N21)C(=O)NCC(=O)N[C@@H](CCCN(O)C=O)C(=O)N[C@H]1CCCCNC(=O)[C@H](CO)NC(=O)[C@H](CCCN(O)C=O)NC1=O. The first-order valence-electron chi connectivity index (χ1n) is 28.1. The lowest BCUT2D eigenvalue weighted by Crippen LogP contribution is -2.75. The van der Waals surface area contributed by atoms with Crippen molar-refractivity contribution in [1.82, 2.24) is 68.2 Å². The number of carboxylic acid groups (broad SMARTS) is 1. The van der Waals surface area contributed by atoms with E-state index in [-0.39, 0.29) is 140 Å². The third-order valence-electron chi connectivity index (χ3n) is 15.0.